The van der Waals surface area contributed by atoms with Crippen LogP contribution in [0.15, 0.2) is 35.1 Å². The number of carbonyl (C=O) groups excluding carboxylic acids is 1. The second-order valence-corrected chi connectivity index (χ2v) is 5.49. The quantitative estimate of drug-likeness (QED) is 0.841. The molecule has 1 amide bonds. The summed E-state index contributed by atoms with van der Waals surface area (Å²) in [7, 11) is 0. The van der Waals surface area contributed by atoms with Gasteiger partial charge in [-0.3, -0.25) is 9.48 Å². The van der Waals surface area contributed by atoms with Gasteiger partial charge in [0.25, 0.3) is 0 Å². The van der Waals surface area contributed by atoms with Gasteiger partial charge in [-0.25, -0.2) is 0 Å². The van der Waals surface area contributed by atoms with Crippen molar-refractivity contribution in [3.63, 3.8) is 0 Å². The molecule has 0 radical (unpaired) electrons. The van der Waals surface area contributed by atoms with E-state index in [1.165, 1.54) is 18.2 Å². The third kappa shape index (κ3) is 4.80. The van der Waals surface area contributed by atoms with Gasteiger partial charge in [0.1, 0.15) is 5.75 Å². The largest absolute Gasteiger partial charge is 0.435 e. The second-order valence-electron chi connectivity index (χ2n) is 4.58. The summed E-state index contributed by atoms with van der Waals surface area (Å²) in [6, 6.07) is 4.38. The second kappa shape index (κ2) is 7.35. The molecule has 8 heteroatoms. The van der Waals surface area contributed by atoms with Crippen LogP contribution in [0.4, 0.5) is 14.5 Å². The lowest BCUT2D eigenvalue weighted by atomic mass is 10.2. The first-order valence-corrected chi connectivity index (χ1v) is 7.26. The maximum absolute atomic E-state index is 12.1. The number of aromatic nitrogens is 2. The molecule has 22 heavy (non-hydrogen) atoms. The van der Waals surface area contributed by atoms with Crippen LogP contribution in [0.2, 0.25) is 0 Å². The minimum atomic E-state index is -2.87. The summed E-state index contributed by atoms with van der Waals surface area (Å²) in [5.74, 6) is -0.121. The number of nitrogens with zero attached hydrogens (tertiary/aromatic N) is 2. The van der Waals surface area contributed by atoms with E-state index in [-0.39, 0.29) is 18.1 Å². The first-order valence-electron chi connectivity index (χ1n) is 6.47. The number of aryl methyl sites for hydroxylation is 2. The SMILES string of the molecule is Cc1cc(OC(F)F)ccc1NC(=O)CCn1cc(Br)cn1. The molecule has 118 valence electrons. The summed E-state index contributed by atoms with van der Waals surface area (Å²) in [5, 5.41) is 6.79. The Morgan fingerprint density at radius 1 is 1.50 bits per heavy atom. The average molecular weight is 374 g/mol. The molecule has 1 heterocycles. The molecule has 0 bridgehead atoms. The van der Waals surface area contributed by atoms with E-state index in [0.29, 0.717) is 17.8 Å². The van der Waals surface area contributed by atoms with Gasteiger partial charge in [-0.1, -0.05) is 0 Å². The molecule has 1 aromatic carbocycles. The molecule has 2 aromatic rings. The number of hydrogen-bond donors (Lipinski definition) is 1. The number of amides is 1. The van der Waals surface area contributed by atoms with E-state index in [1.807, 2.05) is 0 Å². The third-order valence-corrected chi connectivity index (χ3v) is 3.28. The molecule has 0 saturated heterocycles. The normalized spacial score (nSPS) is 10.8. The molecule has 1 aromatic heterocycles. The summed E-state index contributed by atoms with van der Waals surface area (Å²) in [6.07, 6.45) is 3.67. The van der Waals surface area contributed by atoms with Crippen LogP contribution in [-0.4, -0.2) is 22.3 Å². The molecule has 0 aliphatic heterocycles. The van der Waals surface area contributed by atoms with Crippen LogP contribution in [0.5, 0.6) is 5.75 Å². The Hall–Kier alpha value is -1.96. The van der Waals surface area contributed by atoms with Gasteiger partial charge in [0.2, 0.25) is 5.91 Å². The lowest BCUT2D eigenvalue weighted by Gasteiger charge is -2.11. The number of rotatable bonds is 6. The van der Waals surface area contributed by atoms with Crippen molar-refractivity contribution in [3.8, 4) is 5.75 Å². The molecule has 0 aliphatic rings. The van der Waals surface area contributed by atoms with Crippen LogP contribution in [0.25, 0.3) is 0 Å². The van der Waals surface area contributed by atoms with Crippen LogP contribution < -0.4 is 10.1 Å². The van der Waals surface area contributed by atoms with Crippen LogP contribution in [0.1, 0.15) is 12.0 Å². The molecule has 5 nitrogen and oxygen atoms in total. The molecule has 0 spiro atoms. The highest BCUT2D eigenvalue weighted by atomic mass is 79.9. The first-order chi connectivity index (χ1) is 10.4. The van der Waals surface area contributed by atoms with Gasteiger partial charge in [-0.05, 0) is 46.6 Å². The van der Waals surface area contributed by atoms with Crippen molar-refractivity contribution in [2.75, 3.05) is 5.32 Å². The van der Waals surface area contributed by atoms with E-state index in [0.717, 1.165) is 4.47 Å². The predicted octanol–water partition coefficient (Wildman–Crippen LogP) is 3.58. The van der Waals surface area contributed by atoms with Gasteiger partial charge < -0.3 is 10.1 Å². The maximum Gasteiger partial charge on any atom is 0.387 e. The molecule has 1 N–H and O–H groups in total. The van der Waals surface area contributed by atoms with Crippen molar-refractivity contribution < 1.29 is 18.3 Å². The van der Waals surface area contributed by atoms with Crippen LogP contribution in [0.3, 0.4) is 0 Å². The smallest absolute Gasteiger partial charge is 0.387 e. The zero-order valence-electron chi connectivity index (χ0n) is 11.7. The van der Waals surface area contributed by atoms with Crippen LogP contribution in [-0.2, 0) is 11.3 Å². The number of alkyl halides is 2. The van der Waals surface area contributed by atoms with Crippen molar-refractivity contribution in [3.05, 3.63) is 40.6 Å². The molecule has 0 saturated carbocycles. The van der Waals surface area contributed by atoms with Gasteiger partial charge in [0.15, 0.2) is 0 Å². The number of carbonyl (C=O) groups is 1. The Balaban J connectivity index is 1.90. The Morgan fingerprint density at radius 3 is 2.86 bits per heavy atom. The Bertz CT molecular complexity index is 661. The van der Waals surface area contributed by atoms with E-state index in [9.17, 15) is 13.6 Å². The van der Waals surface area contributed by atoms with E-state index in [4.69, 9.17) is 0 Å². The molecular weight excluding hydrogens is 360 g/mol. The highest BCUT2D eigenvalue weighted by molar-refractivity contribution is 9.10. The minimum Gasteiger partial charge on any atom is -0.435 e. The van der Waals surface area contributed by atoms with Crippen molar-refractivity contribution >= 4 is 27.5 Å². The lowest BCUT2D eigenvalue weighted by molar-refractivity contribution is -0.116. The van der Waals surface area contributed by atoms with Crippen molar-refractivity contribution in [2.24, 2.45) is 0 Å². The fraction of sp³-hybridized carbons (Fsp3) is 0.286. The fourth-order valence-electron chi connectivity index (χ4n) is 1.84. The zero-order valence-corrected chi connectivity index (χ0v) is 13.3. The van der Waals surface area contributed by atoms with Gasteiger partial charge >= 0.3 is 6.61 Å². The first kappa shape index (κ1) is 16.4. The topological polar surface area (TPSA) is 56.1 Å². The molecule has 0 fully saturated rings. The Morgan fingerprint density at radius 2 is 2.27 bits per heavy atom. The summed E-state index contributed by atoms with van der Waals surface area (Å²) >= 11 is 3.28. The summed E-state index contributed by atoms with van der Waals surface area (Å²) in [4.78, 5) is 11.9. The highest BCUT2D eigenvalue weighted by Crippen LogP contribution is 2.22. The standard InChI is InChI=1S/C14H14BrF2N3O2/c1-9-6-11(22-14(16)17)2-3-12(9)19-13(21)4-5-20-8-10(15)7-18-20/h2-3,6-8,14H,4-5H2,1H3,(H,19,21). The van der Waals surface area contributed by atoms with E-state index >= 15 is 0 Å². The summed E-state index contributed by atoms with van der Waals surface area (Å²) < 4.78 is 31.0. The molecule has 0 aliphatic carbocycles. The van der Waals surface area contributed by atoms with Crippen LogP contribution in [0, 0.1) is 6.92 Å². The third-order valence-electron chi connectivity index (χ3n) is 2.87. The van der Waals surface area contributed by atoms with Gasteiger partial charge in [-0.15, -0.1) is 0 Å². The average Bonchev–Trinajstić information content (AvgIpc) is 2.85. The van der Waals surface area contributed by atoms with Gasteiger partial charge in [-0.2, -0.15) is 13.9 Å². The molecule has 2 rings (SSSR count). The number of anilines is 1. The Labute approximate surface area is 134 Å². The Kier molecular flexibility index (Phi) is 5.48. The predicted molar refractivity (Wildman–Crippen MR) is 81.0 cm³/mol. The minimum absolute atomic E-state index is 0.0619. The summed E-state index contributed by atoms with van der Waals surface area (Å²) in [5.41, 5.74) is 1.21. The molecule has 0 atom stereocenters. The van der Waals surface area contributed by atoms with Crippen molar-refractivity contribution in [1.82, 2.24) is 9.78 Å². The fourth-order valence-corrected chi connectivity index (χ4v) is 2.17. The number of halogens is 3. The zero-order chi connectivity index (χ0) is 16.1. The maximum atomic E-state index is 12.1. The summed E-state index contributed by atoms with van der Waals surface area (Å²) in [6.45, 7) is -0.713. The molecule has 0 unspecified atom stereocenters. The van der Waals surface area contributed by atoms with E-state index < -0.39 is 6.61 Å². The van der Waals surface area contributed by atoms with Gasteiger partial charge in [0, 0.05) is 24.8 Å². The number of ether oxygens (including phenoxy) is 1. The monoisotopic (exact) mass is 373 g/mol. The number of hydrogen-bond acceptors (Lipinski definition) is 3. The van der Waals surface area contributed by atoms with E-state index in [2.05, 4.69) is 31.1 Å². The number of nitrogens with one attached hydrogen (secondary N) is 1. The lowest BCUT2D eigenvalue weighted by Crippen LogP contribution is -2.15. The van der Waals surface area contributed by atoms with Gasteiger partial charge in [0.05, 0.1) is 10.7 Å². The van der Waals surface area contributed by atoms with E-state index in [1.54, 1.807) is 24.0 Å². The molecular formula is C14H14BrF2N3O2. The number of benzene rings is 1. The highest BCUT2D eigenvalue weighted by Gasteiger charge is 2.09. The van der Waals surface area contributed by atoms with Crippen molar-refractivity contribution in [2.45, 2.75) is 26.5 Å². The van der Waals surface area contributed by atoms with Crippen molar-refractivity contribution in [1.29, 1.82) is 0 Å². The van der Waals surface area contributed by atoms with Crippen LogP contribution >= 0.6 is 15.9 Å².